The Morgan fingerprint density at radius 3 is 2.39 bits per heavy atom. The predicted molar refractivity (Wildman–Crippen MR) is 91.4 cm³/mol. The zero-order valence-corrected chi connectivity index (χ0v) is 15.5. The van der Waals surface area contributed by atoms with Crippen LogP contribution in [-0.4, -0.2) is 43.7 Å². The van der Waals surface area contributed by atoms with Crippen molar-refractivity contribution in [2.24, 2.45) is 0 Å². The number of rotatable bonds is 11. The fourth-order valence-electron chi connectivity index (χ4n) is 1.63. The van der Waals surface area contributed by atoms with E-state index in [1.54, 1.807) is 30.3 Å². The van der Waals surface area contributed by atoms with Crippen LogP contribution in [0.2, 0.25) is 0 Å². The number of aliphatic hydroxyl groups is 1. The standard InChI is InChI=1S/C13H21O7P3/c14-7-8-19-9-10-20-13(15)6-11-21(16)23(18)22(17)12-4-2-1-3-5-12/h1-5,14,21-23H,6-11H2. The summed E-state index contributed by atoms with van der Waals surface area (Å²) in [5, 5.41) is 8.93. The van der Waals surface area contributed by atoms with E-state index in [-0.39, 0.29) is 39.0 Å². The number of ether oxygens (including phenoxy) is 2. The van der Waals surface area contributed by atoms with Crippen LogP contribution in [0.3, 0.4) is 0 Å². The zero-order valence-electron chi connectivity index (χ0n) is 12.5. The Hall–Kier alpha value is -0.700. The van der Waals surface area contributed by atoms with Crippen molar-refractivity contribution < 1.29 is 33.1 Å². The maximum absolute atomic E-state index is 12.1. The third-order valence-electron chi connectivity index (χ3n) is 2.78. The molecular weight excluding hydrogens is 361 g/mol. The van der Waals surface area contributed by atoms with Gasteiger partial charge in [0.25, 0.3) is 0 Å². The molecule has 3 unspecified atom stereocenters. The average Bonchev–Trinajstić information content (AvgIpc) is 2.58. The van der Waals surface area contributed by atoms with Gasteiger partial charge < -0.3 is 28.3 Å². The van der Waals surface area contributed by atoms with E-state index in [0.717, 1.165) is 0 Å². The van der Waals surface area contributed by atoms with Crippen LogP contribution < -0.4 is 5.30 Å². The van der Waals surface area contributed by atoms with Crippen LogP contribution in [0.4, 0.5) is 0 Å². The number of carbonyl (C=O) groups is 1. The molecule has 7 nitrogen and oxygen atoms in total. The maximum atomic E-state index is 12.1. The number of carbonyl (C=O) groups excluding carboxylic acids is 1. The van der Waals surface area contributed by atoms with E-state index in [1.807, 2.05) is 0 Å². The topological polar surface area (TPSA) is 107 Å². The van der Waals surface area contributed by atoms with Gasteiger partial charge in [-0.05, 0) is 0 Å². The van der Waals surface area contributed by atoms with E-state index in [9.17, 15) is 18.5 Å². The van der Waals surface area contributed by atoms with Crippen LogP contribution in [-0.2, 0) is 28.0 Å². The lowest BCUT2D eigenvalue weighted by molar-refractivity contribution is -0.144. The molecule has 0 heterocycles. The molecule has 0 saturated heterocycles. The van der Waals surface area contributed by atoms with Gasteiger partial charge in [0.2, 0.25) is 0 Å². The van der Waals surface area contributed by atoms with Crippen LogP contribution in [0.25, 0.3) is 0 Å². The van der Waals surface area contributed by atoms with Crippen molar-refractivity contribution in [3.05, 3.63) is 30.3 Å². The van der Waals surface area contributed by atoms with E-state index >= 15 is 0 Å². The normalized spacial score (nSPS) is 14.8. The molecule has 0 aliphatic heterocycles. The van der Waals surface area contributed by atoms with Gasteiger partial charge in [0.15, 0.2) is 14.7 Å². The first kappa shape index (κ1) is 20.3. The highest BCUT2D eigenvalue weighted by atomic mass is 32.4. The minimum Gasteiger partial charge on any atom is -0.463 e. The summed E-state index contributed by atoms with van der Waals surface area (Å²) in [6.45, 7) is 0.265. The molecule has 0 aliphatic carbocycles. The molecule has 0 saturated carbocycles. The minimum atomic E-state index is -2.74. The van der Waals surface area contributed by atoms with Gasteiger partial charge in [-0.3, -0.25) is 4.79 Å². The lowest BCUT2D eigenvalue weighted by Gasteiger charge is -2.06. The quantitative estimate of drug-likeness (QED) is 0.353. The van der Waals surface area contributed by atoms with E-state index in [1.165, 1.54) is 0 Å². The molecule has 0 spiro atoms. The summed E-state index contributed by atoms with van der Waals surface area (Å²) in [4.78, 5) is 11.4. The van der Waals surface area contributed by atoms with Crippen LogP contribution in [0.5, 0.6) is 0 Å². The highest BCUT2D eigenvalue weighted by Crippen LogP contribution is 2.67. The Labute approximate surface area is 136 Å². The average molecular weight is 382 g/mol. The molecule has 1 N–H and O–H groups in total. The Morgan fingerprint density at radius 2 is 1.74 bits per heavy atom. The molecule has 0 aliphatic rings. The fourth-order valence-corrected chi connectivity index (χ4v) is 11.1. The highest BCUT2D eigenvalue weighted by molar-refractivity contribution is 8.51. The summed E-state index contributed by atoms with van der Waals surface area (Å²) >= 11 is 0. The Balaban J connectivity index is 2.31. The molecule has 130 valence electrons. The number of esters is 1. The van der Waals surface area contributed by atoms with E-state index in [0.29, 0.717) is 5.30 Å². The molecular formula is C13H21O7P3. The van der Waals surface area contributed by atoms with Gasteiger partial charge in [0.1, 0.15) is 14.1 Å². The van der Waals surface area contributed by atoms with Crippen molar-refractivity contribution in [3.8, 4) is 0 Å². The van der Waals surface area contributed by atoms with Crippen LogP contribution in [0.1, 0.15) is 6.42 Å². The predicted octanol–water partition coefficient (Wildman–Crippen LogP) is 1.76. The van der Waals surface area contributed by atoms with Crippen LogP contribution in [0.15, 0.2) is 30.3 Å². The Morgan fingerprint density at radius 1 is 1.04 bits per heavy atom. The monoisotopic (exact) mass is 382 g/mol. The first-order valence-electron chi connectivity index (χ1n) is 7.07. The lowest BCUT2D eigenvalue weighted by Crippen LogP contribution is -2.12. The lowest BCUT2D eigenvalue weighted by atomic mass is 10.4. The van der Waals surface area contributed by atoms with Crippen molar-refractivity contribution in [1.82, 2.24) is 0 Å². The van der Waals surface area contributed by atoms with Crippen molar-refractivity contribution in [3.63, 3.8) is 0 Å². The number of benzene rings is 1. The minimum absolute atomic E-state index is 0.0373. The van der Waals surface area contributed by atoms with Crippen LogP contribution >= 0.6 is 22.2 Å². The van der Waals surface area contributed by atoms with Gasteiger partial charge in [-0.15, -0.1) is 0 Å². The smallest absolute Gasteiger partial charge is 0.306 e. The van der Waals surface area contributed by atoms with Gasteiger partial charge in [-0.25, -0.2) is 0 Å². The summed E-state index contributed by atoms with van der Waals surface area (Å²) in [7, 11) is -7.91. The summed E-state index contributed by atoms with van der Waals surface area (Å²) in [5.74, 6) is -0.565. The molecule has 0 aromatic heterocycles. The molecule has 0 amide bonds. The maximum Gasteiger partial charge on any atom is 0.306 e. The van der Waals surface area contributed by atoms with Crippen molar-refractivity contribution >= 4 is 33.4 Å². The molecule has 1 aromatic carbocycles. The molecule has 1 rings (SSSR count). The molecule has 0 radical (unpaired) electrons. The summed E-state index contributed by atoms with van der Waals surface area (Å²) in [6, 6.07) is 8.31. The molecule has 23 heavy (non-hydrogen) atoms. The second-order valence-electron chi connectivity index (χ2n) is 4.50. The van der Waals surface area contributed by atoms with Gasteiger partial charge in [0, 0.05) is 11.5 Å². The van der Waals surface area contributed by atoms with Gasteiger partial charge in [-0.1, -0.05) is 30.3 Å². The SMILES string of the molecule is O=C(CC[PH](=O)[PH](=O)[PH](=O)c1ccccc1)OCCOCCO. The van der Waals surface area contributed by atoms with Crippen molar-refractivity contribution in [2.75, 3.05) is 32.6 Å². The molecule has 1 aromatic rings. The van der Waals surface area contributed by atoms with Crippen molar-refractivity contribution in [1.29, 1.82) is 0 Å². The Kier molecular flexibility index (Phi) is 10.4. The second-order valence-corrected chi connectivity index (χ2v) is 15.0. The third kappa shape index (κ3) is 8.10. The second kappa shape index (κ2) is 11.8. The van der Waals surface area contributed by atoms with Crippen LogP contribution in [0, 0.1) is 0 Å². The summed E-state index contributed by atoms with van der Waals surface area (Å²) in [5.41, 5.74) is 0. The third-order valence-corrected chi connectivity index (χ3v) is 14.2. The first-order valence-corrected chi connectivity index (χ1v) is 13.5. The number of hydrogen-bond donors (Lipinski definition) is 1. The van der Waals surface area contributed by atoms with Gasteiger partial charge in [0.05, 0.1) is 26.2 Å². The van der Waals surface area contributed by atoms with Gasteiger partial charge >= 0.3 is 5.97 Å². The number of hydrogen-bond acceptors (Lipinski definition) is 7. The molecule has 0 fully saturated rings. The largest absolute Gasteiger partial charge is 0.463 e. The van der Waals surface area contributed by atoms with Crippen molar-refractivity contribution in [2.45, 2.75) is 6.42 Å². The zero-order chi connectivity index (χ0) is 17.1. The number of aliphatic hydroxyl groups excluding tert-OH is 1. The Bertz CT molecular complexity index is 562. The molecule has 0 bridgehead atoms. The molecule has 10 heteroatoms. The van der Waals surface area contributed by atoms with Gasteiger partial charge in [-0.2, -0.15) is 0 Å². The van der Waals surface area contributed by atoms with E-state index in [4.69, 9.17) is 14.6 Å². The van der Waals surface area contributed by atoms with E-state index in [2.05, 4.69) is 0 Å². The fraction of sp³-hybridized carbons (Fsp3) is 0.462. The highest BCUT2D eigenvalue weighted by Gasteiger charge is 2.19. The van der Waals surface area contributed by atoms with E-state index < -0.39 is 28.1 Å². The molecule has 3 atom stereocenters. The first-order chi connectivity index (χ1) is 11.1. The summed E-state index contributed by atoms with van der Waals surface area (Å²) in [6.07, 6.45) is -0.194. The summed E-state index contributed by atoms with van der Waals surface area (Å²) < 4.78 is 45.8.